The summed E-state index contributed by atoms with van der Waals surface area (Å²) in [4.78, 5) is 31.1. The fraction of sp³-hybridized carbons (Fsp3) is 0.348. The summed E-state index contributed by atoms with van der Waals surface area (Å²) in [5, 5.41) is 11.0. The molecule has 3 rings (SSSR count). The monoisotopic (exact) mass is 410 g/mol. The Balaban J connectivity index is 2.02. The Morgan fingerprint density at radius 2 is 1.80 bits per heavy atom. The zero-order chi connectivity index (χ0) is 21.7. The maximum absolute atomic E-state index is 12.9. The van der Waals surface area contributed by atoms with Crippen molar-refractivity contribution in [2.24, 2.45) is 0 Å². The second-order valence-electron chi connectivity index (χ2n) is 7.31. The summed E-state index contributed by atoms with van der Waals surface area (Å²) in [6, 6.07) is 9.61. The number of hydrogen-bond acceptors (Lipinski definition) is 6. The van der Waals surface area contributed by atoms with Gasteiger partial charge >= 0.3 is 0 Å². The van der Waals surface area contributed by atoms with Crippen LogP contribution in [0.1, 0.15) is 37.4 Å². The molecule has 30 heavy (non-hydrogen) atoms. The second kappa shape index (κ2) is 9.54. The molecule has 1 aromatic heterocycles. The van der Waals surface area contributed by atoms with Gasteiger partial charge in [-0.2, -0.15) is 0 Å². The number of aliphatic hydroxyl groups is 1. The molecule has 2 heterocycles. The first-order valence-electron chi connectivity index (χ1n) is 9.88. The molecule has 7 heteroatoms. The minimum absolute atomic E-state index is 0.0218. The third-order valence-corrected chi connectivity index (χ3v) is 4.81. The van der Waals surface area contributed by atoms with Crippen LogP contribution in [0.4, 0.5) is 0 Å². The summed E-state index contributed by atoms with van der Waals surface area (Å²) >= 11 is 0. The van der Waals surface area contributed by atoms with E-state index in [-0.39, 0.29) is 17.4 Å². The van der Waals surface area contributed by atoms with E-state index in [0.717, 1.165) is 0 Å². The molecular weight excluding hydrogens is 384 g/mol. The predicted molar refractivity (Wildman–Crippen MR) is 112 cm³/mol. The van der Waals surface area contributed by atoms with Gasteiger partial charge in [-0.1, -0.05) is 0 Å². The van der Waals surface area contributed by atoms with E-state index in [1.165, 1.54) is 4.90 Å². The summed E-state index contributed by atoms with van der Waals surface area (Å²) < 4.78 is 10.7. The van der Waals surface area contributed by atoms with Crippen LogP contribution >= 0.6 is 0 Å². The van der Waals surface area contributed by atoms with Crippen molar-refractivity contribution >= 4 is 17.4 Å². The molecule has 158 valence electrons. The first-order chi connectivity index (χ1) is 14.4. The molecule has 7 nitrogen and oxygen atoms in total. The molecular formula is C23H26N2O5. The molecule has 1 unspecified atom stereocenters. The van der Waals surface area contributed by atoms with Gasteiger partial charge in [0.2, 0.25) is 0 Å². The summed E-state index contributed by atoms with van der Waals surface area (Å²) in [5.41, 5.74) is 1.23. The number of methoxy groups -OCH3 is 1. The van der Waals surface area contributed by atoms with Crippen LogP contribution < -0.4 is 4.74 Å². The van der Waals surface area contributed by atoms with Crippen LogP contribution in [0, 0.1) is 0 Å². The molecule has 2 aromatic rings. The maximum atomic E-state index is 12.9. The lowest BCUT2D eigenvalue weighted by molar-refractivity contribution is -0.140. The number of carbonyl (C=O) groups is 2. The van der Waals surface area contributed by atoms with Crippen LogP contribution in [0.2, 0.25) is 0 Å². The molecule has 1 aliphatic heterocycles. The Hall–Kier alpha value is -3.19. The van der Waals surface area contributed by atoms with Crippen molar-refractivity contribution < 1.29 is 24.2 Å². The van der Waals surface area contributed by atoms with Crippen molar-refractivity contribution in [3.63, 3.8) is 0 Å². The van der Waals surface area contributed by atoms with E-state index >= 15 is 0 Å². The minimum Gasteiger partial charge on any atom is -0.507 e. The van der Waals surface area contributed by atoms with Crippen molar-refractivity contribution in [3.8, 4) is 5.75 Å². The molecule has 0 radical (unpaired) electrons. The quantitative estimate of drug-likeness (QED) is 0.311. The molecule has 1 atom stereocenters. The van der Waals surface area contributed by atoms with Crippen LogP contribution in [0.25, 0.3) is 5.76 Å². The van der Waals surface area contributed by atoms with Crippen molar-refractivity contribution in [1.29, 1.82) is 0 Å². The average molecular weight is 410 g/mol. The van der Waals surface area contributed by atoms with Crippen LogP contribution in [0.15, 0.2) is 54.4 Å². The molecule has 0 bridgehead atoms. The number of likely N-dealkylation sites (tertiary alicyclic amines) is 1. The van der Waals surface area contributed by atoms with Gasteiger partial charge in [-0.25, -0.2) is 0 Å². The Bertz CT molecular complexity index is 922. The zero-order valence-corrected chi connectivity index (χ0v) is 17.4. The van der Waals surface area contributed by atoms with Gasteiger partial charge in [-0.3, -0.25) is 14.6 Å². The van der Waals surface area contributed by atoms with E-state index in [1.54, 1.807) is 55.9 Å². The number of carbonyl (C=O) groups excluding carboxylic acids is 2. The summed E-state index contributed by atoms with van der Waals surface area (Å²) in [6.07, 6.45) is 3.80. The molecule has 0 aliphatic carbocycles. The highest BCUT2D eigenvalue weighted by atomic mass is 16.5. The van der Waals surface area contributed by atoms with Crippen molar-refractivity contribution in [3.05, 3.63) is 65.5 Å². The van der Waals surface area contributed by atoms with Crippen LogP contribution in [0.3, 0.4) is 0 Å². The highest BCUT2D eigenvalue weighted by molar-refractivity contribution is 6.46. The Morgan fingerprint density at radius 1 is 1.13 bits per heavy atom. The normalized spacial score (nSPS) is 18.3. The van der Waals surface area contributed by atoms with Crippen molar-refractivity contribution in [1.82, 2.24) is 9.88 Å². The van der Waals surface area contributed by atoms with E-state index in [1.807, 2.05) is 13.8 Å². The van der Waals surface area contributed by atoms with E-state index in [4.69, 9.17) is 9.47 Å². The SMILES string of the molecule is COCCCN1C(=O)C(=O)/C(=C(\O)c2ccc(OC(C)C)cc2)C1c1ccncc1. The fourth-order valence-corrected chi connectivity index (χ4v) is 3.50. The molecule has 1 aromatic carbocycles. The van der Waals surface area contributed by atoms with Gasteiger partial charge in [-0.15, -0.1) is 0 Å². The van der Waals surface area contributed by atoms with E-state index in [0.29, 0.717) is 36.4 Å². The van der Waals surface area contributed by atoms with Gasteiger partial charge in [0, 0.05) is 38.2 Å². The number of ketones is 1. The number of rotatable bonds is 8. The molecule has 0 spiro atoms. The summed E-state index contributed by atoms with van der Waals surface area (Å²) in [7, 11) is 1.58. The number of ether oxygens (including phenoxy) is 2. The number of Topliss-reactive ketones (excluding diaryl/α,β-unsaturated/α-hetero) is 1. The maximum Gasteiger partial charge on any atom is 0.295 e. The topological polar surface area (TPSA) is 89.0 Å². The summed E-state index contributed by atoms with van der Waals surface area (Å²) in [6.45, 7) is 4.65. The zero-order valence-electron chi connectivity index (χ0n) is 17.4. The van der Waals surface area contributed by atoms with Crippen molar-refractivity contribution in [2.45, 2.75) is 32.4 Å². The number of nitrogens with zero attached hydrogens (tertiary/aromatic N) is 2. The third kappa shape index (κ3) is 4.52. The third-order valence-electron chi connectivity index (χ3n) is 4.81. The predicted octanol–water partition coefficient (Wildman–Crippen LogP) is 3.33. The molecule has 1 amide bonds. The molecule has 0 saturated carbocycles. The Morgan fingerprint density at radius 3 is 2.40 bits per heavy atom. The highest BCUT2D eigenvalue weighted by Gasteiger charge is 2.45. The summed E-state index contributed by atoms with van der Waals surface area (Å²) in [5.74, 6) is -0.879. The van der Waals surface area contributed by atoms with E-state index < -0.39 is 17.7 Å². The Kier molecular flexibility index (Phi) is 6.84. The lowest BCUT2D eigenvalue weighted by Gasteiger charge is -2.25. The molecule has 1 saturated heterocycles. The van der Waals surface area contributed by atoms with Gasteiger partial charge in [0.15, 0.2) is 0 Å². The van der Waals surface area contributed by atoms with Gasteiger partial charge in [-0.05, 0) is 62.2 Å². The van der Waals surface area contributed by atoms with Gasteiger partial charge in [0.25, 0.3) is 11.7 Å². The van der Waals surface area contributed by atoms with Crippen molar-refractivity contribution in [2.75, 3.05) is 20.3 Å². The number of aromatic nitrogens is 1. The molecule has 1 fully saturated rings. The number of pyridine rings is 1. The van der Waals surface area contributed by atoms with Gasteiger partial charge in [0.05, 0.1) is 17.7 Å². The molecule has 1 aliphatic rings. The smallest absolute Gasteiger partial charge is 0.295 e. The first-order valence-corrected chi connectivity index (χ1v) is 9.88. The van der Waals surface area contributed by atoms with Crippen LogP contribution in [-0.4, -0.2) is 53.0 Å². The number of benzene rings is 1. The van der Waals surface area contributed by atoms with Gasteiger partial charge < -0.3 is 19.5 Å². The first kappa shape index (κ1) is 21.5. The Labute approximate surface area is 175 Å². The minimum atomic E-state index is -0.700. The standard InChI is InChI=1S/C23H26N2O5/c1-15(2)30-18-7-5-17(6-8-18)21(26)19-20(16-9-11-24-12-10-16)25(13-4-14-29-3)23(28)22(19)27/h5-12,15,20,26H,4,13-14H2,1-3H3/b21-19-. The lowest BCUT2D eigenvalue weighted by Crippen LogP contribution is -2.31. The second-order valence-corrected chi connectivity index (χ2v) is 7.31. The molecule has 1 N–H and O–H groups in total. The number of amides is 1. The largest absolute Gasteiger partial charge is 0.507 e. The van der Waals surface area contributed by atoms with E-state index in [2.05, 4.69) is 4.98 Å². The average Bonchev–Trinajstić information content (AvgIpc) is 2.99. The van der Waals surface area contributed by atoms with E-state index in [9.17, 15) is 14.7 Å². The fourth-order valence-electron chi connectivity index (χ4n) is 3.50. The lowest BCUT2D eigenvalue weighted by atomic mass is 9.96. The highest BCUT2D eigenvalue weighted by Crippen LogP contribution is 2.39. The number of aliphatic hydroxyl groups excluding tert-OH is 1. The van der Waals surface area contributed by atoms with Crippen LogP contribution in [0.5, 0.6) is 5.75 Å². The van der Waals surface area contributed by atoms with Gasteiger partial charge in [0.1, 0.15) is 11.5 Å². The van der Waals surface area contributed by atoms with Crippen LogP contribution in [-0.2, 0) is 14.3 Å². The number of hydrogen-bond donors (Lipinski definition) is 1.